The summed E-state index contributed by atoms with van der Waals surface area (Å²) in [7, 11) is 3.93. The highest BCUT2D eigenvalue weighted by molar-refractivity contribution is 5.57. The van der Waals surface area contributed by atoms with Gasteiger partial charge in [0.1, 0.15) is 18.0 Å². The Kier molecular flexibility index (Phi) is 2.39. The van der Waals surface area contributed by atoms with Crippen molar-refractivity contribution in [2.24, 2.45) is 5.92 Å². The van der Waals surface area contributed by atoms with E-state index >= 15 is 0 Å². The van der Waals surface area contributed by atoms with Gasteiger partial charge in [0, 0.05) is 17.5 Å². The van der Waals surface area contributed by atoms with E-state index in [0.29, 0.717) is 6.04 Å². The van der Waals surface area contributed by atoms with E-state index in [4.69, 9.17) is 9.47 Å². The van der Waals surface area contributed by atoms with Crippen molar-refractivity contribution in [3.05, 3.63) is 41.2 Å². The summed E-state index contributed by atoms with van der Waals surface area (Å²) < 4.78 is 12.0. The highest BCUT2D eigenvalue weighted by atomic mass is 16.5. The fourth-order valence-electron chi connectivity index (χ4n) is 5.51. The molecule has 1 fully saturated rings. The van der Waals surface area contributed by atoms with Gasteiger partial charge in [0.2, 0.25) is 0 Å². The van der Waals surface area contributed by atoms with Gasteiger partial charge in [0.05, 0.1) is 18.3 Å². The molecule has 2 aliphatic heterocycles. The lowest BCUT2D eigenvalue weighted by atomic mass is 9.52. The van der Waals surface area contributed by atoms with Gasteiger partial charge in [0.25, 0.3) is 0 Å². The second kappa shape index (κ2) is 4.06. The molecule has 0 unspecified atom stereocenters. The minimum Gasteiger partial charge on any atom is -0.501 e. The summed E-state index contributed by atoms with van der Waals surface area (Å²) in [4.78, 5) is 2.45. The Labute approximate surface area is 130 Å². The lowest BCUT2D eigenvalue weighted by Gasteiger charge is -2.57. The van der Waals surface area contributed by atoms with Crippen LogP contribution in [0.15, 0.2) is 30.0 Å². The van der Waals surface area contributed by atoms with Crippen molar-refractivity contribution in [3.8, 4) is 5.75 Å². The molecule has 1 saturated heterocycles. The maximum atomic E-state index is 10.7. The minimum absolute atomic E-state index is 0.124. The molecule has 1 aromatic carbocycles. The largest absolute Gasteiger partial charge is 0.501 e. The third-order valence-electron chi connectivity index (χ3n) is 6.34. The highest BCUT2D eigenvalue weighted by Gasteiger charge is 2.66. The molecule has 2 heterocycles. The van der Waals surface area contributed by atoms with Gasteiger partial charge >= 0.3 is 0 Å². The first kappa shape index (κ1) is 13.0. The number of hydrogen-bond donors (Lipinski definition) is 1. The van der Waals surface area contributed by atoms with Crippen LogP contribution < -0.4 is 4.74 Å². The lowest BCUT2D eigenvalue weighted by molar-refractivity contribution is -0.0678. The number of benzene rings is 1. The molecular formula is C18H21NO3. The van der Waals surface area contributed by atoms with E-state index in [1.165, 1.54) is 11.1 Å². The maximum Gasteiger partial charge on any atom is 0.139 e. The Hall–Kier alpha value is -1.52. The number of rotatable bonds is 1. The maximum absolute atomic E-state index is 10.7. The van der Waals surface area contributed by atoms with Gasteiger partial charge in [0.15, 0.2) is 0 Å². The summed E-state index contributed by atoms with van der Waals surface area (Å²) in [5.41, 5.74) is 2.61. The Bertz CT molecular complexity index is 685. The molecule has 2 bridgehead atoms. The Morgan fingerprint density at radius 3 is 3.09 bits per heavy atom. The van der Waals surface area contributed by atoms with Gasteiger partial charge < -0.3 is 19.5 Å². The standard InChI is InChI=1S/C18H21NO3/c1-19-7-6-18-15-10-4-3-5-13(15)22-17(18)12(20)9-14(21-2)16(18)11(19)8-10/h3-5,9,11-12,16-17,20H,6-8H2,1-2H3/t11-,12+,16-,17+,18-/m1/s1. The lowest BCUT2D eigenvalue weighted by Crippen LogP contribution is -2.66. The Balaban J connectivity index is 1.83. The van der Waals surface area contributed by atoms with Crippen LogP contribution in [0.2, 0.25) is 0 Å². The molecule has 116 valence electrons. The molecule has 1 N–H and O–H groups in total. The first-order chi connectivity index (χ1) is 10.7. The summed E-state index contributed by atoms with van der Waals surface area (Å²) in [6.45, 7) is 1.04. The van der Waals surface area contributed by atoms with Crippen LogP contribution in [-0.2, 0) is 16.6 Å². The third-order valence-corrected chi connectivity index (χ3v) is 6.34. The molecule has 0 aromatic heterocycles. The highest BCUT2D eigenvalue weighted by Crippen LogP contribution is 2.62. The number of likely N-dealkylation sites (N-methyl/N-ethyl adjacent to an activating group) is 1. The Morgan fingerprint density at radius 2 is 2.27 bits per heavy atom. The summed E-state index contributed by atoms with van der Waals surface area (Å²) in [6.07, 6.45) is 3.13. The summed E-state index contributed by atoms with van der Waals surface area (Å²) in [6, 6.07) is 6.78. The first-order valence-electron chi connectivity index (χ1n) is 8.10. The average molecular weight is 299 g/mol. The number of piperidine rings is 1. The number of aliphatic hydroxyl groups excluding tert-OH is 1. The van der Waals surface area contributed by atoms with Crippen LogP contribution in [0.1, 0.15) is 17.5 Å². The predicted octanol–water partition coefficient (Wildman–Crippen LogP) is 1.47. The molecule has 22 heavy (non-hydrogen) atoms. The second-order valence-corrected chi connectivity index (χ2v) is 7.11. The van der Waals surface area contributed by atoms with Crippen molar-refractivity contribution in [1.82, 2.24) is 4.90 Å². The smallest absolute Gasteiger partial charge is 0.139 e. The van der Waals surface area contributed by atoms with Crippen molar-refractivity contribution in [3.63, 3.8) is 0 Å². The first-order valence-corrected chi connectivity index (χ1v) is 8.10. The van der Waals surface area contributed by atoms with Gasteiger partial charge in [-0.3, -0.25) is 0 Å². The molecule has 4 nitrogen and oxygen atoms in total. The Morgan fingerprint density at radius 1 is 1.41 bits per heavy atom. The van der Waals surface area contributed by atoms with Crippen molar-refractivity contribution >= 4 is 0 Å². The predicted molar refractivity (Wildman–Crippen MR) is 81.9 cm³/mol. The van der Waals surface area contributed by atoms with Gasteiger partial charge in [-0.15, -0.1) is 0 Å². The second-order valence-electron chi connectivity index (χ2n) is 7.11. The number of ether oxygens (including phenoxy) is 2. The van der Waals surface area contributed by atoms with Gasteiger partial charge in [-0.2, -0.15) is 0 Å². The normalized spacial score (nSPS) is 41.5. The van der Waals surface area contributed by atoms with Gasteiger partial charge in [-0.25, -0.2) is 0 Å². The van der Waals surface area contributed by atoms with Crippen LogP contribution in [0.4, 0.5) is 0 Å². The molecule has 1 spiro atoms. The van der Waals surface area contributed by atoms with Crippen molar-refractivity contribution in [2.75, 3.05) is 20.7 Å². The van der Waals surface area contributed by atoms with E-state index in [1.54, 1.807) is 7.11 Å². The molecule has 5 atom stereocenters. The average Bonchev–Trinajstić information content (AvgIpc) is 2.86. The molecular weight excluding hydrogens is 278 g/mol. The summed E-state index contributed by atoms with van der Waals surface area (Å²) in [5.74, 6) is 2.19. The fourth-order valence-corrected chi connectivity index (χ4v) is 5.51. The SMILES string of the molecule is COC1=C[C@H](O)[C@@H]2Oc3cccc4c3[C@@]23CCN(C)[C@H](C4)[C@H]13. The van der Waals surface area contributed by atoms with E-state index in [-0.39, 0.29) is 17.4 Å². The number of likely N-dealkylation sites (tertiary alicyclic amines) is 1. The molecule has 4 aliphatic rings. The van der Waals surface area contributed by atoms with E-state index in [0.717, 1.165) is 30.9 Å². The quantitative estimate of drug-likeness (QED) is 0.852. The van der Waals surface area contributed by atoms with Crippen LogP contribution >= 0.6 is 0 Å². The van der Waals surface area contributed by atoms with Crippen LogP contribution in [-0.4, -0.2) is 49.0 Å². The zero-order chi connectivity index (χ0) is 15.1. The van der Waals surface area contributed by atoms with E-state index in [9.17, 15) is 5.11 Å². The van der Waals surface area contributed by atoms with E-state index in [1.807, 2.05) is 6.08 Å². The van der Waals surface area contributed by atoms with Gasteiger partial charge in [-0.05, 0) is 44.1 Å². The van der Waals surface area contributed by atoms with Crippen LogP contribution in [0.5, 0.6) is 5.75 Å². The van der Waals surface area contributed by atoms with Crippen LogP contribution in [0, 0.1) is 5.92 Å². The molecule has 0 saturated carbocycles. The number of nitrogens with zero attached hydrogens (tertiary/aromatic N) is 1. The zero-order valence-corrected chi connectivity index (χ0v) is 13.0. The zero-order valence-electron chi connectivity index (χ0n) is 13.0. The fraction of sp³-hybridized carbons (Fsp3) is 0.556. The molecule has 5 rings (SSSR count). The number of hydrogen-bond acceptors (Lipinski definition) is 4. The van der Waals surface area contributed by atoms with Gasteiger partial charge in [-0.1, -0.05) is 12.1 Å². The molecule has 0 amide bonds. The summed E-state index contributed by atoms with van der Waals surface area (Å²) in [5, 5.41) is 10.7. The third kappa shape index (κ3) is 1.28. The van der Waals surface area contributed by atoms with Crippen molar-refractivity contribution < 1.29 is 14.6 Å². The molecule has 4 heteroatoms. The molecule has 2 aliphatic carbocycles. The molecule has 0 radical (unpaired) electrons. The summed E-state index contributed by atoms with van der Waals surface area (Å²) >= 11 is 0. The minimum atomic E-state index is -0.603. The van der Waals surface area contributed by atoms with E-state index in [2.05, 4.69) is 30.1 Å². The van der Waals surface area contributed by atoms with E-state index < -0.39 is 6.10 Å². The molecule has 1 aromatic rings. The van der Waals surface area contributed by atoms with Crippen molar-refractivity contribution in [2.45, 2.75) is 36.5 Å². The topological polar surface area (TPSA) is 41.9 Å². The number of methoxy groups -OCH3 is 1. The number of aliphatic hydroxyl groups is 1. The van der Waals surface area contributed by atoms with Crippen LogP contribution in [0.25, 0.3) is 0 Å². The van der Waals surface area contributed by atoms with Crippen LogP contribution in [0.3, 0.4) is 0 Å². The van der Waals surface area contributed by atoms with Crippen molar-refractivity contribution in [1.29, 1.82) is 0 Å². The monoisotopic (exact) mass is 299 g/mol.